The van der Waals surface area contributed by atoms with E-state index in [0.717, 1.165) is 12.1 Å². The maximum atomic E-state index is 11.2. The average Bonchev–Trinajstić information content (AvgIpc) is 2.24. The van der Waals surface area contributed by atoms with E-state index in [1.807, 2.05) is 0 Å². The van der Waals surface area contributed by atoms with E-state index in [1.165, 1.54) is 24.3 Å². The fourth-order valence-electron chi connectivity index (χ4n) is 1.70. The van der Waals surface area contributed by atoms with Gasteiger partial charge in [-0.25, -0.2) is 8.42 Å². The smallest absolute Gasteiger partial charge is 0.744 e. The van der Waals surface area contributed by atoms with Gasteiger partial charge in [0.15, 0.2) is 0 Å². The third kappa shape index (κ3) is 3.34. The summed E-state index contributed by atoms with van der Waals surface area (Å²) in [5.41, 5.74) is 0. The second-order valence-electron chi connectivity index (χ2n) is 3.54. The molecule has 2 rings (SSSR count). The molecule has 0 aromatic heterocycles. The summed E-state index contributed by atoms with van der Waals surface area (Å²) in [5, 5.41) is -0.0560. The van der Waals surface area contributed by atoms with Gasteiger partial charge in [0.25, 0.3) is 10.1 Å². The van der Waals surface area contributed by atoms with Crippen molar-refractivity contribution in [2.75, 3.05) is 0 Å². The summed E-state index contributed by atoms with van der Waals surface area (Å²) in [6.07, 6.45) is 0. The quantitative estimate of drug-likeness (QED) is 0.507. The van der Waals surface area contributed by atoms with E-state index >= 15 is 0 Å². The van der Waals surface area contributed by atoms with Gasteiger partial charge in [-0.15, -0.1) is 0 Å². The van der Waals surface area contributed by atoms with Gasteiger partial charge in [0.1, 0.15) is 15.0 Å². The van der Waals surface area contributed by atoms with E-state index in [4.69, 9.17) is 4.55 Å². The molecule has 6 nitrogen and oxygen atoms in total. The monoisotopic (exact) mass is 310 g/mol. The third-order valence-electron chi connectivity index (χ3n) is 2.38. The van der Waals surface area contributed by atoms with Gasteiger partial charge in [-0.05, 0) is 17.5 Å². The molecule has 0 unspecified atom stereocenters. The van der Waals surface area contributed by atoms with Crippen LogP contribution in [0.2, 0.25) is 0 Å². The van der Waals surface area contributed by atoms with Crippen molar-refractivity contribution in [2.24, 2.45) is 0 Å². The Hall–Kier alpha value is -0.480. The number of hydrogen-bond donors (Lipinski definition) is 1. The van der Waals surface area contributed by atoms with Crippen molar-refractivity contribution < 1.29 is 55.5 Å². The molecule has 0 spiro atoms. The second-order valence-corrected chi connectivity index (χ2v) is 6.28. The van der Waals surface area contributed by atoms with Crippen LogP contribution in [0.1, 0.15) is 0 Å². The van der Waals surface area contributed by atoms with Gasteiger partial charge in [-0.2, -0.15) is 8.42 Å². The third-order valence-corrected chi connectivity index (χ3v) is 4.15. The fraction of sp³-hybridized carbons (Fsp3) is 0. The molecule has 9 heteroatoms. The van der Waals surface area contributed by atoms with Crippen molar-refractivity contribution >= 4 is 31.0 Å². The topological polar surface area (TPSA) is 112 Å². The summed E-state index contributed by atoms with van der Waals surface area (Å²) in [6.45, 7) is 0. The number of rotatable bonds is 2. The van der Waals surface area contributed by atoms with E-state index < -0.39 is 30.0 Å². The number of fused-ring (bicyclic) bond motifs is 1. The van der Waals surface area contributed by atoms with Gasteiger partial charge in [-0.3, -0.25) is 4.55 Å². The van der Waals surface area contributed by atoms with Crippen molar-refractivity contribution in [2.45, 2.75) is 9.79 Å². The molecule has 0 aliphatic heterocycles. The predicted molar refractivity (Wildman–Crippen MR) is 61.7 cm³/mol. The minimum atomic E-state index is -4.84. The Bertz CT molecular complexity index is 759. The van der Waals surface area contributed by atoms with Gasteiger partial charge in [-0.1, -0.05) is 24.3 Å². The summed E-state index contributed by atoms with van der Waals surface area (Å²) < 4.78 is 64.7. The van der Waals surface area contributed by atoms with Crippen molar-refractivity contribution in [3.05, 3.63) is 36.4 Å². The minimum Gasteiger partial charge on any atom is -0.744 e. The van der Waals surface area contributed by atoms with Crippen LogP contribution in [0.15, 0.2) is 46.2 Å². The van der Waals surface area contributed by atoms with Gasteiger partial charge in [0, 0.05) is 5.39 Å². The van der Waals surface area contributed by atoms with Gasteiger partial charge in [0.05, 0.1) is 4.90 Å². The van der Waals surface area contributed by atoms with Crippen LogP contribution in [0.25, 0.3) is 10.8 Å². The Balaban J connectivity index is 0.00000180. The normalized spacial score (nSPS) is 12.1. The van der Waals surface area contributed by atoms with Crippen molar-refractivity contribution in [1.82, 2.24) is 0 Å². The molecule has 0 fully saturated rings. The van der Waals surface area contributed by atoms with E-state index in [0.29, 0.717) is 0 Å². The minimum absolute atomic E-state index is 0. The molecule has 0 radical (unpaired) electrons. The Morgan fingerprint density at radius 2 is 1.37 bits per heavy atom. The van der Waals surface area contributed by atoms with Gasteiger partial charge in [0.2, 0.25) is 0 Å². The maximum Gasteiger partial charge on any atom is 1.00 e. The number of hydrogen-bond acceptors (Lipinski definition) is 5. The molecule has 0 saturated heterocycles. The zero-order valence-corrected chi connectivity index (χ0v) is 13.4. The van der Waals surface area contributed by atoms with E-state index in [-0.39, 0.29) is 40.3 Å². The standard InChI is InChI=1S/C10H8O6S2.Na/c11-17(12,13)8-5-1-3-7-4-2-6-9(10(7)8)18(14,15)16;/h1-6H,(H,11,12,13)(H,14,15,16);/q;+1/p-1. The molecule has 1 N–H and O–H groups in total. The van der Waals surface area contributed by atoms with Gasteiger partial charge < -0.3 is 4.55 Å². The Kier molecular flexibility index (Phi) is 4.79. The first-order valence-corrected chi connectivity index (χ1v) is 7.51. The molecule has 0 amide bonds. The molecular weight excluding hydrogens is 303 g/mol. The first-order chi connectivity index (χ1) is 8.21. The summed E-state index contributed by atoms with van der Waals surface area (Å²) in [5.74, 6) is 0. The van der Waals surface area contributed by atoms with Crippen molar-refractivity contribution in [3.63, 3.8) is 0 Å². The van der Waals surface area contributed by atoms with E-state index in [9.17, 15) is 21.4 Å². The van der Waals surface area contributed by atoms with Crippen LogP contribution < -0.4 is 29.6 Å². The van der Waals surface area contributed by atoms with Gasteiger partial charge >= 0.3 is 29.6 Å². The summed E-state index contributed by atoms with van der Waals surface area (Å²) in [6, 6.07) is 7.58. The molecule has 96 valence electrons. The predicted octanol–water partition coefficient (Wildman–Crippen LogP) is -2.01. The molecule has 0 aliphatic rings. The SMILES string of the molecule is O=S(=O)([O-])c1cccc2cccc(S(=O)(=O)O)c12.[Na+]. The van der Waals surface area contributed by atoms with E-state index in [2.05, 4.69) is 0 Å². The summed E-state index contributed by atoms with van der Waals surface area (Å²) >= 11 is 0. The molecule has 0 bridgehead atoms. The van der Waals surface area contributed by atoms with Crippen molar-refractivity contribution in [1.29, 1.82) is 0 Å². The molecule has 0 saturated carbocycles. The second kappa shape index (κ2) is 5.49. The van der Waals surface area contributed by atoms with Crippen LogP contribution >= 0.6 is 0 Å². The largest absolute Gasteiger partial charge is 1.00 e. The first-order valence-electron chi connectivity index (χ1n) is 4.66. The van der Waals surface area contributed by atoms with Crippen LogP contribution in [-0.2, 0) is 20.2 Å². The fourth-order valence-corrected chi connectivity index (χ4v) is 3.22. The van der Waals surface area contributed by atoms with E-state index in [1.54, 1.807) is 0 Å². The number of benzene rings is 2. The van der Waals surface area contributed by atoms with Crippen LogP contribution in [0.3, 0.4) is 0 Å². The Labute approximate surface area is 132 Å². The molecule has 0 heterocycles. The maximum absolute atomic E-state index is 11.2. The molecule has 2 aromatic carbocycles. The molecule has 19 heavy (non-hydrogen) atoms. The zero-order chi connectivity index (χ0) is 13.6. The zero-order valence-electron chi connectivity index (χ0n) is 9.77. The summed E-state index contributed by atoms with van der Waals surface area (Å²) in [7, 11) is -9.45. The first kappa shape index (κ1) is 16.6. The van der Waals surface area contributed by atoms with Crippen LogP contribution in [0.4, 0.5) is 0 Å². The average molecular weight is 310 g/mol. The van der Waals surface area contributed by atoms with Crippen molar-refractivity contribution in [3.8, 4) is 0 Å². The van der Waals surface area contributed by atoms with Crippen LogP contribution in [0.5, 0.6) is 0 Å². The Morgan fingerprint density at radius 1 is 0.895 bits per heavy atom. The van der Waals surface area contributed by atoms with Crippen LogP contribution in [-0.4, -0.2) is 25.9 Å². The molecule has 0 aliphatic carbocycles. The summed E-state index contributed by atoms with van der Waals surface area (Å²) in [4.78, 5) is -1.27. The molecule has 0 atom stereocenters. The Morgan fingerprint density at radius 3 is 1.79 bits per heavy atom. The molecular formula is C10H7NaO6S2. The molecule has 2 aromatic rings. The van der Waals surface area contributed by atoms with Crippen LogP contribution in [0, 0.1) is 0 Å².